The zero-order valence-corrected chi connectivity index (χ0v) is 9.40. The van der Waals surface area contributed by atoms with Crippen LogP contribution in [0.1, 0.15) is 32.0 Å². The lowest BCUT2D eigenvalue weighted by molar-refractivity contribution is 0.0858. The lowest BCUT2D eigenvalue weighted by Gasteiger charge is -2.04. The van der Waals surface area contributed by atoms with Crippen LogP contribution in [0.2, 0.25) is 0 Å². The van der Waals surface area contributed by atoms with Gasteiger partial charge >= 0.3 is 0 Å². The Morgan fingerprint density at radius 1 is 1.53 bits per heavy atom. The molecule has 4 heteroatoms. The molecule has 0 aliphatic heterocycles. The summed E-state index contributed by atoms with van der Waals surface area (Å²) in [7, 11) is 0. The van der Waals surface area contributed by atoms with Gasteiger partial charge in [-0.1, -0.05) is 12.1 Å². The van der Waals surface area contributed by atoms with Crippen molar-refractivity contribution in [3.05, 3.63) is 29.6 Å². The van der Waals surface area contributed by atoms with Crippen LogP contribution >= 0.6 is 0 Å². The molecule has 1 rings (SSSR count). The van der Waals surface area contributed by atoms with Crippen molar-refractivity contribution in [2.75, 3.05) is 0 Å². The van der Waals surface area contributed by atoms with Gasteiger partial charge < -0.3 is 10.6 Å². The molecule has 82 valence electrons. The Hall–Kier alpha value is -1.58. The zero-order valence-electron chi connectivity index (χ0n) is 9.40. The predicted octanol–water partition coefficient (Wildman–Crippen LogP) is 1.69. The van der Waals surface area contributed by atoms with E-state index in [-0.39, 0.29) is 6.10 Å². The van der Waals surface area contributed by atoms with Crippen molar-refractivity contribution in [1.29, 1.82) is 0 Å². The highest BCUT2D eigenvalue weighted by atomic mass is 16.6. The molecule has 0 saturated heterocycles. The molecule has 0 fully saturated rings. The van der Waals surface area contributed by atoms with Crippen molar-refractivity contribution in [1.82, 2.24) is 4.98 Å². The number of aryl methyl sites for hydroxylation is 1. The third kappa shape index (κ3) is 3.58. The topological polar surface area (TPSA) is 60.5 Å². The number of oxime groups is 1. The fourth-order valence-electron chi connectivity index (χ4n) is 1.00. The van der Waals surface area contributed by atoms with Gasteiger partial charge in [0.25, 0.3) is 0 Å². The summed E-state index contributed by atoms with van der Waals surface area (Å²) in [5.41, 5.74) is 7.54. The molecule has 0 aliphatic rings. The van der Waals surface area contributed by atoms with Crippen LogP contribution in [0.3, 0.4) is 0 Å². The first-order valence-corrected chi connectivity index (χ1v) is 5.08. The Morgan fingerprint density at radius 2 is 2.27 bits per heavy atom. The third-order valence-electron chi connectivity index (χ3n) is 1.84. The van der Waals surface area contributed by atoms with Crippen LogP contribution in [0.5, 0.6) is 0 Å². The first kappa shape index (κ1) is 11.5. The first-order valence-electron chi connectivity index (χ1n) is 5.08. The summed E-state index contributed by atoms with van der Waals surface area (Å²) >= 11 is 0. The van der Waals surface area contributed by atoms with Gasteiger partial charge in [-0.3, -0.25) is 4.98 Å². The molecule has 1 aromatic heterocycles. The van der Waals surface area contributed by atoms with E-state index in [0.717, 1.165) is 17.7 Å². The molecule has 1 aromatic rings. The standard InChI is InChI=1S/C11H17N3O/c1-4-10-6-5-9(7-13-10)11(12)14-15-8(2)3/h5-8H,4H2,1-3H3,(H2,12,14). The van der Waals surface area contributed by atoms with Gasteiger partial charge in [0.1, 0.15) is 6.10 Å². The summed E-state index contributed by atoms with van der Waals surface area (Å²) in [6.07, 6.45) is 2.66. The number of nitrogens with two attached hydrogens (primary N) is 1. The van der Waals surface area contributed by atoms with E-state index in [9.17, 15) is 0 Å². The van der Waals surface area contributed by atoms with Crippen LogP contribution in [0.15, 0.2) is 23.5 Å². The highest BCUT2D eigenvalue weighted by molar-refractivity contribution is 5.96. The number of hydrogen-bond acceptors (Lipinski definition) is 3. The van der Waals surface area contributed by atoms with E-state index in [0.29, 0.717) is 5.84 Å². The molecular weight excluding hydrogens is 190 g/mol. The second-order valence-electron chi connectivity index (χ2n) is 3.52. The fraction of sp³-hybridized carbons (Fsp3) is 0.455. The number of pyridine rings is 1. The van der Waals surface area contributed by atoms with Crippen LogP contribution in [-0.4, -0.2) is 16.9 Å². The molecule has 0 bridgehead atoms. The Bertz CT molecular complexity index is 330. The quantitative estimate of drug-likeness (QED) is 0.464. The highest BCUT2D eigenvalue weighted by Crippen LogP contribution is 2.01. The van der Waals surface area contributed by atoms with E-state index < -0.39 is 0 Å². The summed E-state index contributed by atoms with van der Waals surface area (Å²) in [5, 5.41) is 3.80. The molecule has 0 radical (unpaired) electrons. The van der Waals surface area contributed by atoms with Gasteiger partial charge in [-0.2, -0.15) is 0 Å². The number of aromatic nitrogens is 1. The second kappa shape index (κ2) is 5.34. The molecule has 0 spiro atoms. The Morgan fingerprint density at radius 3 is 2.73 bits per heavy atom. The number of rotatable bonds is 4. The second-order valence-corrected chi connectivity index (χ2v) is 3.52. The molecule has 0 saturated carbocycles. The van der Waals surface area contributed by atoms with Gasteiger partial charge in [0.05, 0.1) is 0 Å². The third-order valence-corrected chi connectivity index (χ3v) is 1.84. The van der Waals surface area contributed by atoms with Crippen molar-refractivity contribution in [2.24, 2.45) is 10.9 Å². The highest BCUT2D eigenvalue weighted by Gasteiger charge is 2.00. The Balaban J connectivity index is 2.73. The molecule has 4 nitrogen and oxygen atoms in total. The van der Waals surface area contributed by atoms with Gasteiger partial charge in [-0.15, -0.1) is 0 Å². The Labute approximate surface area is 90.1 Å². The lowest BCUT2D eigenvalue weighted by atomic mass is 10.2. The van der Waals surface area contributed by atoms with Crippen LogP contribution < -0.4 is 5.73 Å². The summed E-state index contributed by atoms with van der Waals surface area (Å²) in [5.74, 6) is 0.360. The van der Waals surface area contributed by atoms with Crippen molar-refractivity contribution < 1.29 is 4.84 Å². The van der Waals surface area contributed by atoms with Crippen molar-refractivity contribution in [3.63, 3.8) is 0 Å². The van der Waals surface area contributed by atoms with Crippen molar-refractivity contribution in [2.45, 2.75) is 33.3 Å². The first-order chi connectivity index (χ1) is 7.13. The van der Waals surface area contributed by atoms with Gasteiger partial charge in [0.2, 0.25) is 0 Å². The maximum Gasteiger partial charge on any atom is 0.171 e. The van der Waals surface area contributed by atoms with Gasteiger partial charge in [-0.05, 0) is 32.4 Å². The Kier molecular flexibility index (Phi) is 4.09. The molecule has 15 heavy (non-hydrogen) atoms. The average molecular weight is 207 g/mol. The number of nitrogens with zero attached hydrogens (tertiary/aromatic N) is 2. The van der Waals surface area contributed by atoms with Crippen LogP contribution in [0, 0.1) is 0 Å². The maximum absolute atomic E-state index is 5.72. The molecule has 1 heterocycles. The van der Waals surface area contributed by atoms with E-state index in [2.05, 4.69) is 17.1 Å². The minimum Gasteiger partial charge on any atom is -0.391 e. The SMILES string of the molecule is CCc1ccc(/C(N)=N/OC(C)C)cn1. The smallest absolute Gasteiger partial charge is 0.171 e. The van der Waals surface area contributed by atoms with Gasteiger partial charge in [0.15, 0.2) is 5.84 Å². The van der Waals surface area contributed by atoms with Gasteiger partial charge in [0, 0.05) is 17.5 Å². The summed E-state index contributed by atoms with van der Waals surface area (Å²) < 4.78 is 0. The normalized spacial score (nSPS) is 11.9. The van der Waals surface area contributed by atoms with Crippen LogP contribution in [0.25, 0.3) is 0 Å². The van der Waals surface area contributed by atoms with E-state index in [1.165, 1.54) is 0 Å². The van der Waals surface area contributed by atoms with E-state index >= 15 is 0 Å². The molecule has 0 amide bonds. The number of hydrogen-bond donors (Lipinski definition) is 1. The molecule has 0 unspecified atom stereocenters. The zero-order chi connectivity index (χ0) is 11.3. The molecule has 0 aromatic carbocycles. The largest absolute Gasteiger partial charge is 0.391 e. The van der Waals surface area contributed by atoms with Crippen molar-refractivity contribution in [3.8, 4) is 0 Å². The minimum atomic E-state index is 0.0337. The van der Waals surface area contributed by atoms with E-state index in [1.807, 2.05) is 26.0 Å². The van der Waals surface area contributed by atoms with E-state index in [1.54, 1.807) is 6.20 Å². The lowest BCUT2D eigenvalue weighted by Crippen LogP contribution is -2.15. The fourth-order valence-corrected chi connectivity index (χ4v) is 1.00. The maximum atomic E-state index is 5.72. The van der Waals surface area contributed by atoms with Crippen LogP contribution in [-0.2, 0) is 11.3 Å². The van der Waals surface area contributed by atoms with E-state index in [4.69, 9.17) is 10.6 Å². The summed E-state index contributed by atoms with van der Waals surface area (Å²) in [6.45, 7) is 5.85. The average Bonchev–Trinajstić information content (AvgIpc) is 2.26. The molecular formula is C11H17N3O. The van der Waals surface area contributed by atoms with Crippen molar-refractivity contribution >= 4 is 5.84 Å². The van der Waals surface area contributed by atoms with Gasteiger partial charge in [-0.25, -0.2) is 0 Å². The van der Waals surface area contributed by atoms with Crippen LogP contribution in [0.4, 0.5) is 0 Å². The minimum absolute atomic E-state index is 0.0337. The molecule has 2 N–H and O–H groups in total. The molecule has 0 atom stereocenters. The molecule has 0 aliphatic carbocycles. The number of amidine groups is 1. The predicted molar refractivity (Wildman–Crippen MR) is 60.6 cm³/mol. The summed E-state index contributed by atoms with van der Waals surface area (Å²) in [6, 6.07) is 3.83. The summed E-state index contributed by atoms with van der Waals surface area (Å²) in [4.78, 5) is 9.28. The monoisotopic (exact) mass is 207 g/mol.